The number of nitrogens with zero attached hydrogens (tertiary/aromatic N) is 5. The summed E-state index contributed by atoms with van der Waals surface area (Å²) in [6.45, 7) is 7.15. The lowest BCUT2D eigenvalue weighted by molar-refractivity contribution is -0.117. The molecule has 5 rings (SSSR count). The predicted octanol–water partition coefficient (Wildman–Crippen LogP) is 2.79. The van der Waals surface area contributed by atoms with Crippen molar-refractivity contribution in [2.45, 2.75) is 59.1 Å². The lowest BCUT2D eigenvalue weighted by atomic mass is 9.76. The Morgan fingerprint density at radius 2 is 2.06 bits per heavy atom. The topological polar surface area (TPSA) is 120 Å². The molecule has 0 saturated carbocycles. The highest BCUT2D eigenvalue weighted by Crippen LogP contribution is 2.39. The second kappa shape index (κ2) is 8.22. The van der Waals surface area contributed by atoms with Crippen molar-refractivity contribution in [2.75, 3.05) is 16.8 Å². The van der Waals surface area contributed by atoms with Gasteiger partial charge in [0.25, 0.3) is 0 Å². The summed E-state index contributed by atoms with van der Waals surface area (Å²) in [6, 6.07) is 3.86. The molecule has 9 nitrogen and oxygen atoms in total. The molecule has 3 aromatic rings. The lowest BCUT2D eigenvalue weighted by Crippen LogP contribution is -2.26. The van der Waals surface area contributed by atoms with Gasteiger partial charge in [-0.1, -0.05) is 13.8 Å². The summed E-state index contributed by atoms with van der Waals surface area (Å²) in [6.07, 6.45) is 6.02. The third-order valence-corrected chi connectivity index (χ3v) is 6.43. The van der Waals surface area contributed by atoms with Crippen molar-refractivity contribution in [2.24, 2.45) is 5.41 Å². The zero-order chi connectivity index (χ0) is 23.2. The Morgan fingerprint density at radius 3 is 2.79 bits per heavy atom. The smallest absolute Gasteiger partial charge is 0.230 e. The first-order valence-corrected chi connectivity index (χ1v) is 11.4. The Hall–Kier alpha value is -3.33. The number of rotatable bonds is 5. The highest BCUT2D eigenvalue weighted by Gasteiger charge is 2.32. The summed E-state index contributed by atoms with van der Waals surface area (Å²) in [5, 5.41) is 21.2. The van der Waals surface area contributed by atoms with Gasteiger partial charge in [-0.25, -0.2) is 15.0 Å². The SMILES string of the molecule is Cc1ncc(CNc2cc(-c3n[nH]c4c3CCC(C)(C)C4)cc(N3C[C@H](O)CC3=O)n2)cn1. The van der Waals surface area contributed by atoms with Crippen LogP contribution in [0.3, 0.4) is 0 Å². The molecule has 0 spiro atoms. The number of fused-ring (bicyclic) bond motifs is 1. The van der Waals surface area contributed by atoms with E-state index in [9.17, 15) is 9.90 Å². The fourth-order valence-corrected chi connectivity index (χ4v) is 4.58. The van der Waals surface area contributed by atoms with Crippen LogP contribution in [-0.2, 0) is 24.2 Å². The van der Waals surface area contributed by atoms with Gasteiger partial charge in [0, 0.05) is 41.3 Å². The van der Waals surface area contributed by atoms with Gasteiger partial charge in [0.05, 0.1) is 24.8 Å². The highest BCUT2D eigenvalue weighted by atomic mass is 16.3. The minimum atomic E-state index is -0.676. The largest absolute Gasteiger partial charge is 0.391 e. The molecule has 1 aliphatic carbocycles. The quantitative estimate of drug-likeness (QED) is 0.550. The third-order valence-electron chi connectivity index (χ3n) is 6.43. The van der Waals surface area contributed by atoms with Gasteiger partial charge >= 0.3 is 0 Å². The molecule has 0 unspecified atom stereocenters. The van der Waals surface area contributed by atoms with E-state index in [1.807, 2.05) is 19.1 Å². The number of nitrogens with one attached hydrogen (secondary N) is 2. The Labute approximate surface area is 192 Å². The first-order chi connectivity index (χ1) is 15.8. The summed E-state index contributed by atoms with van der Waals surface area (Å²) in [4.78, 5) is 27.2. The molecule has 172 valence electrons. The van der Waals surface area contributed by atoms with Crippen LogP contribution in [0.2, 0.25) is 0 Å². The van der Waals surface area contributed by atoms with Crippen molar-refractivity contribution >= 4 is 17.5 Å². The molecule has 0 radical (unpaired) electrons. The first-order valence-electron chi connectivity index (χ1n) is 11.4. The molecule has 0 aromatic carbocycles. The molecule has 1 aliphatic heterocycles. The Balaban J connectivity index is 1.50. The van der Waals surface area contributed by atoms with Crippen LogP contribution in [0.4, 0.5) is 11.6 Å². The van der Waals surface area contributed by atoms with E-state index in [2.05, 4.69) is 44.3 Å². The molecule has 0 bridgehead atoms. The number of amides is 1. The van der Waals surface area contributed by atoms with Gasteiger partial charge < -0.3 is 10.4 Å². The van der Waals surface area contributed by atoms with Crippen LogP contribution < -0.4 is 10.2 Å². The summed E-state index contributed by atoms with van der Waals surface area (Å²) >= 11 is 0. The number of hydrogen-bond donors (Lipinski definition) is 3. The van der Waals surface area contributed by atoms with Crippen molar-refractivity contribution in [1.82, 2.24) is 25.1 Å². The number of aromatic nitrogens is 5. The van der Waals surface area contributed by atoms with E-state index >= 15 is 0 Å². The van der Waals surface area contributed by atoms with Crippen LogP contribution in [0.5, 0.6) is 0 Å². The lowest BCUT2D eigenvalue weighted by Gasteiger charge is -2.29. The van der Waals surface area contributed by atoms with Crippen LogP contribution in [0.1, 0.15) is 49.3 Å². The monoisotopic (exact) mass is 447 g/mol. The average Bonchev–Trinajstić information content (AvgIpc) is 3.34. The van der Waals surface area contributed by atoms with E-state index in [-0.39, 0.29) is 24.3 Å². The van der Waals surface area contributed by atoms with Crippen LogP contribution in [0.25, 0.3) is 11.3 Å². The number of aliphatic hydroxyl groups is 1. The number of carbonyl (C=O) groups excluding carboxylic acids is 1. The zero-order valence-electron chi connectivity index (χ0n) is 19.2. The highest BCUT2D eigenvalue weighted by molar-refractivity contribution is 5.96. The fraction of sp³-hybridized carbons (Fsp3) is 0.458. The molecule has 3 aromatic heterocycles. The third kappa shape index (κ3) is 4.45. The normalized spacial score (nSPS) is 19.6. The summed E-state index contributed by atoms with van der Waals surface area (Å²) in [7, 11) is 0. The summed E-state index contributed by atoms with van der Waals surface area (Å²) in [5.74, 6) is 1.74. The van der Waals surface area contributed by atoms with E-state index in [4.69, 9.17) is 0 Å². The minimum Gasteiger partial charge on any atom is -0.391 e. The number of H-pyrrole nitrogens is 1. The summed E-state index contributed by atoms with van der Waals surface area (Å²) < 4.78 is 0. The summed E-state index contributed by atoms with van der Waals surface area (Å²) in [5.41, 5.74) is 5.39. The van der Waals surface area contributed by atoms with E-state index in [1.54, 1.807) is 17.3 Å². The molecule has 1 atom stereocenters. The average molecular weight is 448 g/mol. The van der Waals surface area contributed by atoms with Crippen molar-refractivity contribution in [3.05, 3.63) is 47.2 Å². The minimum absolute atomic E-state index is 0.113. The van der Waals surface area contributed by atoms with Crippen molar-refractivity contribution in [1.29, 1.82) is 0 Å². The van der Waals surface area contributed by atoms with Crippen molar-refractivity contribution in [3.63, 3.8) is 0 Å². The molecular weight excluding hydrogens is 418 g/mol. The second-order valence-electron chi connectivity index (χ2n) is 9.82. The zero-order valence-corrected chi connectivity index (χ0v) is 19.2. The van der Waals surface area contributed by atoms with Crippen molar-refractivity contribution < 1.29 is 9.90 Å². The van der Waals surface area contributed by atoms with Gasteiger partial charge in [-0.05, 0) is 43.7 Å². The molecule has 1 amide bonds. The number of pyridine rings is 1. The molecule has 9 heteroatoms. The van der Waals surface area contributed by atoms with E-state index in [0.29, 0.717) is 18.2 Å². The van der Waals surface area contributed by atoms with E-state index in [1.165, 1.54) is 11.3 Å². The first kappa shape index (κ1) is 21.5. The second-order valence-corrected chi connectivity index (χ2v) is 9.82. The molecule has 2 aliphatic rings. The number of aliphatic hydroxyl groups excluding tert-OH is 1. The number of aromatic amines is 1. The maximum Gasteiger partial charge on any atom is 0.230 e. The van der Waals surface area contributed by atoms with Crippen molar-refractivity contribution in [3.8, 4) is 11.3 Å². The molecule has 3 N–H and O–H groups in total. The number of anilines is 2. The maximum absolute atomic E-state index is 12.5. The maximum atomic E-state index is 12.5. The van der Waals surface area contributed by atoms with E-state index < -0.39 is 6.10 Å². The number of carbonyl (C=O) groups is 1. The number of β-amino-alcohol motifs (C(OH)–C–C–N with tert-alkyl or cyclic N) is 1. The molecule has 4 heterocycles. The Morgan fingerprint density at radius 1 is 1.27 bits per heavy atom. The van der Waals surface area contributed by atoms with Gasteiger partial charge in [0.1, 0.15) is 17.5 Å². The van der Waals surface area contributed by atoms with Crippen LogP contribution in [-0.4, -0.2) is 48.8 Å². The predicted molar refractivity (Wildman–Crippen MR) is 125 cm³/mol. The van der Waals surface area contributed by atoms with Gasteiger partial charge in [-0.3, -0.25) is 14.8 Å². The van der Waals surface area contributed by atoms with Crippen LogP contribution in [0.15, 0.2) is 24.5 Å². The molecule has 1 fully saturated rings. The number of hydrogen-bond acceptors (Lipinski definition) is 7. The van der Waals surface area contributed by atoms with Crippen LogP contribution in [0, 0.1) is 12.3 Å². The Bertz CT molecular complexity index is 1190. The fourth-order valence-electron chi connectivity index (χ4n) is 4.58. The molecule has 33 heavy (non-hydrogen) atoms. The standard InChI is InChI=1S/C24H29N7O2/c1-14-25-10-15(11-26-14)12-27-20-6-16(7-21(28-20)31-13-17(32)8-22(31)33)23-18-4-5-24(2,3)9-19(18)29-30-23/h6-7,10-11,17,32H,4-5,8-9,12-13H2,1-3H3,(H,27,28)(H,29,30)/t17-/m1/s1. The van der Waals surface area contributed by atoms with E-state index in [0.717, 1.165) is 41.9 Å². The molecular formula is C24H29N7O2. The van der Waals surface area contributed by atoms with Gasteiger partial charge in [-0.2, -0.15) is 5.10 Å². The molecule has 1 saturated heterocycles. The Kier molecular flexibility index (Phi) is 5.36. The number of aryl methyl sites for hydroxylation is 1. The van der Waals surface area contributed by atoms with Crippen LogP contribution >= 0.6 is 0 Å². The van der Waals surface area contributed by atoms with Gasteiger partial charge in [0.15, 0.2) is 0 Å². The van der Waals surface area contributed by atoms with Gasteiger partial charge in [0.2, 0.25) is 5.91 Å². The van der Waals surface area contributed by atoms with Gasteiger partial charge in [-0.15, -0.1) is 0 Å².